The standard InChI is InChI=1S/C18H23FN4O4S/c1-12-17(26-14-4-7-21-8-5-14)22-11-23-18(12)27-16-3-2-13(10-15(16)19)6-9-28(20,24)25/h2-3,10-11,14,21H,4-9H2,1H3,(H2,20,24,25). The van der Waals surface area contributed by atoms with Crippen LogP contribution >= 0.6 is 0 Å². The van der Waals surface area contributed by atoms with Crippen LogP contribution in [0.2, 0.25) is 0 Å². The maximum atomic E-state index is 14.4. The molecule has 0 bridgehead atoms. The van der Waals surface area contributed by atoms with E-state index in [1.54, 1.807) is 13.0 Å². The van der Waals surface area contributed by atoms with Gasteiger partial charge in [0.25, 0.3) is 0 Å². The number of aromatic nitrogens is 2. The zero-order chi connectivity index (χ0) is 20.1. The topological polar surface area (TPSA) is 116 Å². The highest BCUT2D eigenvalue weighted by Gasteiger charge is 2.19. The Morgan fingerprint density at radius 3 is 2.64 bits per heavy atom. The Balaban J connectivity index is 1.71. The number of nitrogens with two attached hydrogens (primary N) is 1. The quantitative estimate of drug-likeness (QED) is 0.713. The third-order valence-electron chi connectivity index (χ3n) is 4.43. The van der Waals surface area contributed by atoms with Gasteiger partial charge in [0.05, 0.1) is 11.3 Å². The first kappa shape index (κ1) is 20.4. The van der Waals surface area contributed by atoms with Crippen molar-refractivity contribution in [2.24, 2.45) is 5.14 Å². The molecule has 0 radical (unpaired) electrons. The molecule has 1 aliphatic heterocycles. The summed E-state index contributed by atoms with van der Waals surface area (Å²) in [5.41, 5.74) is 1.09. The molecule has 2 aromatic rings. The molecule has 1 aromatic heterocycles. The zero-order valence-corrected chi connectivity index (χ0v) is 16.3. The second kappa shape index (κ2) is 8.80. The van der Waals surface area contributed by atoms with Gasteiger partial charge in [0.1, 0.15) is 12.4 Å². The van der Waals surface area contributed by atoms with Crippen molar-refractivity contribution in [1.82, 2.24) is 15.3 Å². The lowest BCUT2D eigenvalue weighted by atomic mass is 10.1. The minimum absolute atomic E-state index is 0.0195. The van der Waals surface area contributed by atoms with Crippen LogP contribution in [0.15, 0.2) is 24.5 Å². The summed E-state index contributed by atoms with van der Waals surface area (Å²) in [7, 11) is -3.61. The van der Waals surface area contributed by atoms with Crippen molar-refractivity contribution in [1.29, 1.82) is 0 Å². The van der Waals surface area contributed by atoms with Crippen molar-refractivity contribution < 1.29 is 22.3 Å². The second-order valence-corrected chi connectivity index (χ2v) is 8.39. The predicted octanol–water partition coefficient (Wildman–Crippen LogP) is 1.68. The van der Waals surface area contributed by atoms with Gasteiger partial charge < -0.3 is 14.8 Å². The number of ether oxygens (including phenoxy) is 2. The van der Waals surface area contributed by atoms with Gasteiger partial charge in [-0.05, 0) is 57.0 Å². The monoisotopic (exact) mass is 410 g/mol. The van der Waals surface area contributed by atoms with Crippen LogP contribution in [0.25, 0.3) is 0 Å². The van der Waals surface area contributed by atoms with Crippen LogP contribution < -0.4 is 19.9 Å². The summed E-state index contributed by atoms with van der Waals surface area (Å²) < 4.78 is 48.0. The van der Waals surface area contributed by atoms with E-state index in [1.807, 2.05) is 0 Å². The van der Waals surface area contributed by atoms with E-state index in [1.165, 1.54) is 18.5 Å². The molecule has 0 unspecified atom stereocenters. The number of primary sulfonamides is 1. The van der Waals surface area contributed by atoms with E-state index in [9.17, 15) is 12.8 Å². The number of halogens is 1. The number of hydrogen-bond donors (Lipinski definition) is 2. The van der Waals surface area contributed by atoms with E-state index in [0.29, 0.717) is 17.0 Å². The molecule has 1 aromatic carbocycles. The summed E-state index contributed by atoms with van der Waals surface area (Å²) in [6.45, 7) is 3.53. The van der Waals surface area contributed by atoms with Crippen LogP contribution in [-0.2, 0) is 16.4 Å². The van der Waals surface area contributed by atoms with Crippen molar-refractivity contribution in [2.45, 2.75) is 32.3 Å². The van der Waals surface area contributed by atoms with E-state index in [2.05, 4.69) is 15.3 Å². The van der Waals surface area contributed by atoms with Crippen molar-refractivity contribution in [2.75, 3.05) is 18.8 Å². The van der Waals surface area contributed by atoms with Gasteiger partial charge in [0, 0.05) is 0 Å². The SMILES string of the molecule is Cc1c(Oc2ccc(CCS(N)(=O)=O)cc2F)ncnc1OC1CCNCC1. The lowest BCUT2D eigenvalue weighted by Crippen LogP contribution is -2.34. The Bertz CT molecular complexity index is 933. The van der Waals surface area contributed by atoms with Crippen molar-refractivity contribution in [3.05, 3.63) is 41.5 Å². The molecule has 2 heterocycles. The van der Waals surface area contributed by atoms with E-state index >= 15 is 0 Å². The number of rotatable bonds is 7. The average Bonchev–Trinajstić information content (AvgIpc) is 2.65. The lowest BCUT2D eigenvalue weighted by molar-refractivity contribution is 0.154. The molecule has 1 saturated heterocycles. The van der Waals surface area contributed by atoms with Crippen LogP contribution in [0.5, 0.6) is 17.5 Å². The Morgan fingerprint density at radius 2 is 1.96 bits per heavy atom. The first-order valence-electron chi connectivity index (χ1n) is 8.97. The molecule has 28 heavy (non-hydrogen) atoms. The minimum Gasteiger partial charge on any atom is -0.474 e. The summed E-state index contributed by atoms with van der Waals surface area (Å²) >= 11 is 0. The second-order valence-electron chi connectivity index (χ2n) is 6.66. The van der Waals surface area contributed by atoms with E-state index < -0.39 is 15.8 Å². The van der Waals surface area contributed by atoms with Gasteiger partial charge in [0.2, 0.25) is 21.8 Å². The maximum absolute atomic E-state index is 14.4. The number of nitrogens with one attached hydrogen (secondary N) is 1. The zero-order valence-electron chi connectivity index (χ0n) is 15.5. The maximum Gasteiger partial charge on any atom is 0.229 e. The highest BCUT2D eigenvalue weighted by atomic mass is 32.2. The van der Waals surface area contributed by atoms with Crippen LogP contribution in [-0.4, -0.2) is 43.3 Å². The molecule has 0 aliphatic carbocycles. The molecule has 152 valence electrons. The fourth-order valence-corrected chi connectivity index (χ4v) is 3.38. The number of aryl methyl sites for hydroxylation is 1. The molecular weight excluding hydrogens is 387 g/mol. The number of hydrogen-bond acceptors (Lipinski definition) is 7. The van der Waals surface area contributed by atoms with E-state index in [4.69, 9.17) is 14.6 Å². The van der Waals surface area contributed by atoms with Crippen molar-refractivity contribution in [3.8, 4) is 17.5 Å². The summed E-state index contributed by atoms with van der Waals surface area (Å²) in [5, 5.41) is 8.24. The first-order valence-corrected chi connectivity index (χ1v) is 10.7. The molecular formula is C18H23FN4O4S. The van der Waals surface area contributed by atoms with E-state index in [0.717, 1.165) is 25.9 Å². The summed E-state index contributed by atoms with van der Waals surface area (Å²) in [6.07, 6.45) is 3.27. The molecule has 8 nitrogen and oxygen atoms in total. The van der Waals surface area contributed by atoms with Gasteiger partial charge in [0.15, 0.2) is 11.6 Å². The number of piperidine rings is 1. The highest BCUT2D eigenvalue weighted by molar-refractivity contribution is 7.89. The molecule has 0 atom stereocenters. The lowest BCUT2D eigenvalue weighted by Gasteiger charge is -2.24. The van der Waals surface area contributed by atoms with Gasteiger partial charge in [-0.1, -0.05) is 6.07 Å². The first-order chi connectivity index (χ1) is 13.3. The number of sulfonamides is 1. The van der Waals surface area contributed by atoms with Gasteiger partial charge in [-0.25, -0.2) is 27.9 Å². The molecule has 0 saturated carbocycles. The Labute approximate surface area is 163 Å². The van der Waals surface area contributed by atoms with E-state index in [-0.39, 0.29) is 29.9 Å². The smallest absolute Gasteiger partial charge is 0.229 e. The largest absolute Gasteiger partial charge is 0.474 e. The molecule has 0 spiro atoms. The fourth-order valence-electron chi connectivity index (χ4n) is 2.86. The number of benzene rings is 1. The van der Waals surface area contributed by atoms with Gasteiger partial charge in [-0.2, -0.15) is 0 Å². The van der Waals surface area contributed by atoms with Crippen LogP contribution in [0.4, 0.5) is 4.39 Å². The molecule has 10 heteroatoms. The van der Waals surface area contributed by atoms with Crippen LogP contribution in [0.1, 0.15) is 24.0 Å². The van der Waals surface area contributed by atoms with Crippen molar-refractivity contribution in [3.63, 3.8) is 0 Å². The predicted molar refractivity (Wildman–Crippen MR) is 101 cm³/mol. The summed E-state index contributed by atoms with van der Waals surface area (Å²) in [5.74, 6) is -0.272. The Kier molecular flexibility index (Phi) is 6.42. The highest BCUT2D eigenvalue weighted by Crippen LogP contribution is 2.30. The molecule has 1 fully saturated rings. The fraction of sp³-hybridized carbons (Fsp3) is 0.444. The van der Waals surface area contributed by atoms with Crippen LogP contribution in [0.3, 0.4) is 0 Å². The molecule has 1 aliphatic rings. The van der Waals surface area contributed by atoms with Gasteiger partial charge in [-0.3, -0.25) is 0 Å². The summed E-state index contributed by atoms with van der Waals surface area (Å²) in [4.78, 5) is 8.23. The normalized spacial score (nSPS) is 15.4. The summed E-state index contributed by atoms with van der Waals surface area (Å²) in [6, 6.07) is 4.25. The minimum atomic E-state index is -3.61. The van der Waals surface area contributed by atoms with Gasteiger partial charge in [-0.15, -0.1) is 0 Å². The number of nitrogens with zero attached hydrogens (tertiary/aromatic N) is 2. The Morgan fingerprint density at radius 1 is 1.25 bits per heavy atom. The average molecular weight is 410 g/mol. The third kappa shape index (κ3) is 5.60. The molecule has 0 amide bonds. The Hall–Kier alpha value is -2.30. The molecule has 3 N–H and O–H groups in total. The van der Waals surface area contributed by atoms with Gasteiger partial charge >= 0.3 is 0 Å². The van der Waals surface area contributed by atoms with Crippen LogP contribution in [0, 0.1) is 12.7 Å². The molecule has 3 rings (SSSR count). The third-order valence-corrected chi connectivity index (χ3v) is 5.21. The van der Waals surface area contributed by atoms with Crippen molar-refractivity contribution >= 4 is 10.0 Å².